The highest BCUT2D eigenvalue weighted by molar-refractivity contribution is 5.83. The van der Waals surface area contributed by atoms with Crippen LogP contribution in [-0.2, 0) is 0 Å². The molecule has 106 valence electrons. The number of aromatic nitrogens is 2. The maximum atomic E-state index is 9.46. The highest BCUT2D eigenvalue weighted by Crippen LogP contribution is 2.35. The summed E-state index contributed by atoms with van der Waals surface area (Å²) in [5.74, 6) is 0.249. The van der Waals surface area contributed by atoms with Gasteiger partial charge in [-0.3, -0.25) is 4.98 Å². The normalized spacial score (nSPS) is 10.2. The second-order valence-corrected chi connectivity index (χ2v) is 4.93. The molecule has 0 saturated heterocycles. The van der Waals surface area contributed by atoms with Crippen LogP contribution in [0.5, 0.6) is 0 Å². The van der Waals surface area contributed by atoms with Crippen molar-refractivity contribution in [1.29, 1.82) is 5.26 Å². The van der Waals surface area contributed by atoms with Crippen molar-refractivity contribution in [3.63, 3.8) is 0 Å². The Balaban J connectivity index is 2.34. The van der Waals surface area contributed by atoms with Gasteiger partial charge in [-0.15, -0.1) is 0 Å². The summed E-state index contributed by atoms with van der Waals surface area (Å²) in [5, 5.41) is 9.46. The van der Waals surface area contributed by atoms with Crippen LogP contribution in [-0.4, -0.2) is 9.97 Å². The van der Waals surface area contributed by atoms with Crippen LogP contribution in [0, 0.1) is 18.3 Å². The lowest BCUT2D eigenvalue weighted by Crippen LogP contribution is -2.03. The van der Waals surface area contributed by atoms with Gasteiger partial charge in [0.15, 0.2) is 0 Å². The predicted molar refractivity (Wildman–Crippen MR) is 86.8 cm³/mol. The molecule has 0 bridgehead atoms. The highest BCUT2D eigenvalue weighted by atomic mass is 14.9. The van der Waals surface area contributed by atoms with Gasteiger partial charge in [-0.05, 0) is 30.2 Å². The third kappa shape index (κ3) is 2.29. The Kier molecular flexibility index (Phi) is 3.55. The van der Waals surface area contributed by atoms with Crippen molar-refractivity contribution in [2.45, 2.75) is 6.92 Å². The van der Waals surface area contributed by atoms with Crippen LogP contribution in [0.3, 0.4) is 0 Å². The second kappa shape index (κ2) is 5.66. The van der Waals surface area contributed by atoms with Gasteiger partial charge in [-0.2, -0.15) is 5.26 Å². The molecule has 22 heavy (non-hydrogen) atoms. The van der Waals surface area contributed by atoms with Gasteiger partial charge in [-0.25, -0.2) is 4.98 Å². The van der Waals surface area contributed by atoms with Gasteiger partial charge in [0.25, 0.3) is 0 Å². The third-order valence-electron chi connectivity index (χ3n) is 3.60. The Morgan fingerprint density at radius 1 is 1.00 bits per heavy atom. The molecule has 4 heteroatoms. The number of hydrogen-bond donors (Lipinski definition) is 1. The molecule has 0 unspecified atom stereocenters. The molecule has 0 atom stereocenters. The summed E-state index contributed by atoms with van der Waals surface area (Å²) in [7, 11) is 0. The number of rotatable bonds is 2. The zero-order valence-corrected chi connectivity index (χ0v) is 12.1. The predicted octanol–water partition coefficient (Wildman–Crippen LogP) is 3.57. The number of nitrogens with two attached hydrogens (primary N) is 1. The molecule has 0 aliphatic heterocycles. The standard InChI is InChI=1S/C18H14N4/c1-12-16(13-7-9-21-10-8-13)15(11-19)18(20)22-17(12)14-5-3-2-4-6-14/h2-10H,1H3,(H2,20,22). The molecular weight excluding hydrogens is 272 g/mol. The van der Waals surface area contributed by atoms with Gasteiger partial charge < -0.3 is 5.73 Å². The molecule has 0 aliphatic rings. The average Bonchev–Trinajstić information content (AvgIpc) is 2.57. The fourth-order valence-corrected chi connectivity index (χ4v) is 2.56. The second-order valence-electron chi connectivity index (χ2n) is 4.93. The number of hydrogen-bond acceptors (Lipinski definition) is 4. The van der Waals surface area contributed by atoms with E-state index >= 15 is 0 Å². The molecule has 0 amide bonds. The minimum Gasteiger partial charge on any atom is -0.383 e. The molecule has 3 aromatic rings. The van der Waals surface area contributed by atoms with Gasteiger partial charge >= 0.3 is 0 Å². The number of nitrogen functional groups attached to an aromatic ring is 1. The van der Waals surface area contributed by atoms with Crippen molar-refractivity contribution in [3.05, 3.63) is 66.0 Å². The topological polar surface area (TPSA) is 75.6 Å². The van der Waals surface area contributed by atoms with Crippen LogP contribution in [0.4, 0.5) is 5.82 Å². The first-order valence-electron chi connectivity index (χ1n) is 6.88. The van der Waals surface area contributed by atoms with E-state index in [1.807, 2.05) is 49.4 Å². The Bertz CT molecular complexity index is 850. The Morgan fingerprint density at radius 3 is 2.32 bits per heavy atom. The van der Waals surface area contributed by atoms with Gasteiger partial charge in [0, 0.05) is 23.5 Å². The molecule has 0 saturated carbocycles. The van der Waals surface area contributed by atoms with Crippen molar-refractivity contribution in [1.82, 2.24) is 9.97 Å². The molecule has 1 aromatic carbocycles. The van der Waals surface area contributed by atoms with Gasteiger partial charge in [0.1, 0.15) is 17.5 Å². The van der Waals surface area contributed by atoms with E-state index in [1.165, 1.54) is 0 Å². The maximum absolute atomic E-state index is 9.46. The number of pyridine rings is 2. The van der Waals surface area contributed by atoms with Gasteiger partial charge in [-0.1, -0.05) is 30.3 Å². The largest absolute Gasteiger partial charge is 0.383 e. The van der Waals surface area contributed by atoms with Crippen molar-refractivity contribution >= 4 is 5.82 Å². The zero-order valence-electron chi connectivity index (χ0n) is 12.1. The van der Waals surface area contributed by atoms with Crippen molar-refractivity contribution < 1.29 is 0 Å². The molecule has 4 nitrogen and oxygen atoms in total. The average molecular weight is 286 g/mol. The first-order valence-corrected chi connectivity index (χ1v) is 6.88. The van der Waals surface area contributed by atoms with Crippen molar-refractivity contribution in [2.24, 2.45) is 0 Å². The van der Waals surface area contributed by atoms with E-state index in [2.05, 4.69) is 16.0 Å². The van der Waals surface area contributed by atoms with E-state index in [9.17, 15) is 5.26 Å². The van der Waals surface area contributed by atoms with Crippen molar-refractivity contribution in [2.75, 3.05) is 5.73 Å². The molecule has 2 N–H and O–H groups in total. The maximum Gasteiger partial charge on any atom is 0.142 e. The summed E-state index contributed by atoms with van der Waals surface area (Å²) in [6.07, 6.45) is 3.41. The fourth-order valence-electron chi connectivity index (χ4n) is 2.56. The molecular formula is C18H14N4. The zero-order chi connectivity index (χ0) is 15.5. The van der Waals surface area contributed by atoms with Crippen LogP contribution in [0.1, 0.15) is 11.1 Å². The quantitative estimate of drug-likeness (QED) is 0.781. The third-order valence-corrected chi connectivity index (χ3v) is 3.60. The van der Waals surface area contributed by atoms with Crippen LogP contribution in [0.15, 0.2) is 54.9 Å². The van der Waals surface area contributed by atoms with E-state index in [4.69, 9.17) is 5.73 Å². The molecule has 2 aromatic heterocycles. The highest BCUT2D eigenvalue weighted by Gasteiger charge is 2.17. The minimum atomic E-state index is 0.249. The summed E-state index contributed by atoms with van der Waals surface area (Å²) < 4.78 is 0. The van der Waals surface area contributed by atoms with Gasteiger partial charge in [0.2, 0.25) is 0 Å². The van der Waals surface area contributed by atoms with Crippen LogP contribution < -0.4 is 5.73 Å². The number of nitriles is 1. The molecule has 0 spiro atoms. The minimum absolute atomic E-state index is 0.249. The summed E-state index contributed by atoms with van der Waals surface area (Å²) in [6, 6.07) is 15.7. The van der Waals surface area contributed by atoms with E-state index in [-0.39, 0.29) is 5.82 Å². The van der Waals surface area contributed by atoms with E-state index in [0.717, 1.165) is 27.9 Å². The van der Waals surface area contributed by atoms with Crippen molar-refractivity contribution in [3.8, 4) is 28.5 Å². The molecule has 0 aliphatic carbocycles. The van der Waals surface area contributed by atoms with Crippen LogP contribution in [0.2, 0.25) is 0 Å². The lowest BCUT2D eigenvalue weighted by molar-refractivity contribution is 1.25. The fraction of sp³-hybridized carbons (Fsp3) is 0.0556. The SMILES string of the molecule is Cc1c(-c2ccccc2)nc(N)c(C#N)c1-c1ccncc1. The molecule has 2 heterocycles. The summed E-state index contributed by atoms with van der Waals surface area (Å²) in [5.41, 5.74) is 10.9. The Hall–Kier alpha value is -3.19. The van der Waals surface area contributed by atoms with Crippen LogP contribution in [0.25, 0.3) is 22.4 Å². The summed E-state index contributed by atoms with van der Waals surface area (Å²) >= 11 is 0. The Labute approximate surface area is 128 Å². The van der Waals surface area contributed by atoms with E-state index in [0.29, 0.717) is 5.56 Å². The smallest absolute Gasteiger partial charge is 0.142 e. The number of nitrogens with zero attached hydrogens (tertiary/aromatic N) is 3. The lowest BCUT2D eigenvalue weighted by Gasteiger charge is -2.14. The first kappa shape index (κ1) is 13.8. The number of anilines is 1. The summed E-state index contributed by atoms with van der Waals surface area (Å²) in [4.78, 5) is 8.47. The molecule has 0 radical (unpaired) electrons. The summed E-state index contributed by atoms with van der Waals surface area (Å²) in [6.45, 7) is 1.96. The Morgan fingerprint density at radius 2 is 1.68 bits per heavy atom. The van der Waals surface area contributed by atoms with E-state index < -0.39 is 0 Å². The monoisotopic (exact) mass is 286 g/mol. The van der Waals surface area contributed by atoms with Crippen LogP contribution >= 0.6 is 0 Å². The molecule has 0 fully saturated rings. The number of benzene rings is 1. The van der Waals surface area contributed by atoms with Gasteiger partial charge in [0.05, 0.1) is 5.69 Å². The lowest BCUT2D eigenvalue weighted by atomic mass is 9.93. The van der Waals surface area contributed by atoms with E-state index in [1.54, 1.807) is 12.4 Å². The first-order chi connectivity index (χ1) is 10.7. The molecule has 3 rings (SSSR count).